The quantitative estimate of drug-likeness (QED) is 0.690. The Balaban J connectivity index is 2.54. The molecule has 0 aliphatic rings. The number of rotatable bonds is 4. The van der Waals surface area contributed by atoms with Gasteiger partial charge in [-0.3, -0.25) is 4.79 Å². The monoisotopic (exact) mass is 197 g/mol. The van der Waals surface area contributed by atoms with Crippen LogP contribution in [0.1, 0.15) is 21.7 Å². The highest BCUT2D eigenvalue weighted by molar-refractivity contribution is 7.10. The average Bonchev–Trinajstić information content (AvgIpc) is 2.47. The van der Waals surface area contributed by atoms with Crippen LogP contribution in [-0.2, 0) is 0 Å². The Bertz CT molecular complexity index is 291. The molecule has 1 aromatic heterocycles. The summed E-state index contributed by atoms with van der Waals surface area (Å²) in [6.45, 7) is 2.82. The van der Waals surface area contributed by atoms with Gasteiger partial charge in [0.15, 0.2) is 5.78 Å². The molecule has 0 radical (unpaired) electrons. The summed E-state index contributed by atoms with van der Waals surface area (Å²) >= 11 is 1.63. The van der Waals surface area contributed by atoms with Crippen molar-refractivity contribution in [3.8, 4) is 0 Å². The summed E-state index contributed by atoms with van der Waals surface area (Å²) in [5.74, 6) is 0.257. The molecule has 0 N–H and O–H groups in total. The van der Waals surface area contributed by atoms with Crippen LogP contribution in [0.4, 0.5) is 0 Å². The van der Waals surface area contributed by atoms with Crippen molar-refractivity contribution in [1.29, 1.82) is 0 Å². The molecule has 0 bridgehead atoms. The smallest absolute Gasteiger partial charge is 0.165 e. The maximum Gasteiger partial charge on any atom is 0.165 e. The number of aryl methyl sites for hydroxylation is 1. The molecular weight excluding hydrogens is 182 g/mol. The first-order chi connectivity index (χ1) is 6.11. The molecule has 0 atom stereocenters. The van der Waals surface area contributed by atoms with E-state index in [0.29, 0.717) is 6.42 Å². The zero-order valence-electron chi connectivity index (χ0n) is 8.33. The molecular formula is C10H15NOS. The fraction of sp³-hybridized carbons (Fsp3) is 0.500. The molecule has 1 heterocycles. The van der Waals surface area contributed by atoms with E-state index in [2.05, 4.69) is 0 Å². The molecule has 13 heavy (non-hydrogen) atoms. The lowest BCUT2D eigenvalue weighted by molar-refractivity contribution is 0.0972. The topological polar surface area (TPSA) is 20.3 Å². The number of ketones is 1. The van der Waals surface area contributed by atoms with E-state index in [1.54, 1.807) is 11.3 Å². The van der Waals surface area contributed by atoms with Gasteiger partial charge in [-0.05, 0) is 32.5 Å². The summed E-state index contributed by atoms with van der Waals surface area (Å²) in [6.07, 6.45) is 0.616. The second-order valence-corrected chi connectivity index (χ2v) is 4.49. The fourth-order valence-corrected chi connectivity index (χ4v) is 1.85. The number of Topliss-reactive ketones (excluding diaryl/α,β-unsaturated/α-hetero) is 1. The highest BCUT2D eigenvalue weighted by Crippen LogP contribution is 2.16. The highest BCUT2D eigenvalue weighted by atomic mass is 32.1. The van der Waals surface area contributed by atoms with Crippen molar-refractivity contribution in [2.45, 2.75) is 13.3 Å². The summed E-state index contributed by atoms with van der Waals surface area (Å²) < 4.78 is 0. The van der Waals surface area contributed by atoms with Gasteiger partial charge in [0, 0.05) is 23.4 Å². The maximum absolute atomic E-state index is 11.6. The van der Waals surface area contributed by atoms with Crippen LogP contribution in [0.15, 0.2) is 11.4 Å². The van der Waals surface area contributed by atoms with Gasteiger partial charge < -0.3 is 4.90 Å². The second-order valence-electron chi connectivity index (χ2n) is 3.37. The van der Waals surface area contributed by atoms with E-state index in [4.69, 9.17) is 0 Å². The summed E-state index contributed by atoms with van der Waals surface area (Å²) in [4.78, 5) is 14.8. The van der Waals surface area contributed by atoms with Crippen LogP contribution in [0.3, 0.4) is 0 Å². The summed E-state index contributed by atoms with van der Waals surface area (Å²) in [5.41, 5.74) is 0.895. The molecule has 0 aromatic carbocycles. The van der Waals surface area contributed by atoms with E-state index in [1.807, 2.05) is 37.4 Å². The predicted molar refractivity (Wildman–Crippen MR) is 56.6 cm³/mol. The Morgan fingerprint density at radius 3 is 2.69 bits per heavy atom. The van der Waals surface area contributed by atoms with Gasteiger partial charge in [-0.1, -0.05) is 0 Å². The van der Waals surface area contributed by atoms with Crippen molar-refractivity contribution in [2.24, 2.45) is 0 Å². The summed E-state index contributed by atoms with van der Waals surface area (Å²) in [7, 11) is 3.96. The number of carbonyl (C=O) groups excluding carboxylic acids is 1. The lowest BCUT2D eigenvalue weighted by Gasteiger charge is -2.07. The molecule has 0 saturated heterocycles. The fourth-order valence-electron chi connectivity index (χ4n) is 1.13. The van der Waals surface area contributed by atoms with Crippen LogP contribution in [0, 0.1) is 6.92 Å². The Morgan fingerprint density at radius 1 is 1.54 bits per heavy atom. The minimum absolute atomic E-state index is 0.257. The van der Waals surface area contributed by atoms with Gasteiger partial charge in [-0.25, -0.2) is 0 Å². The Hall–Kier alpha value is -0.670. The van der Waals surface area contributed by atoms with E-state index in [0.717, 1.165) is 17.0 Å². The number of hydrogen-bond acceptors (Lipinski definition) is 3. The first-order valence-corrected chi connectivity index (χ1v) is 5.21. The van der Waals surface area contributed by atoms with Gasteiger partial charge in [-0.2, -0.15) is 0 Å². The van der Waals surface area contributed by atoms with Crippen LogP contribution in [0.5, 0.6) is 0 Å². The lowest BCUT2D eigenvalue weighted by Crippen LogP contribution is -2.16. The van der Waals surface area contributed by atoms with Gasteiger partial charge in [0.2, 0.25) is 0 Å². The first kappa shape index (κ1) is 10.4. The number of carbonyl (C=O) groups is 1. The van der Waals surface area contributed by atoms with Crippen LogP contribution >= 0.6 is 11.3 Å². The van der Waals surface area contributed by atoms with E-state index in [1.165, 1.54) is 0 Å². The van der Waals surface area contributed by atoms with Gasteiger partial charge in [-0.15, -0.1) is 11.3 Å². The standard InChI is InChI=1S/C10H15NOS/c1-8-9(5-7-13-8)10(12)4-6-11(2)3/h5,7H,4,6H2,1-3H3. The Labute approximate surface area is 83.2 Å². The molecule has 72 valence electrons. The van der Waals surface area contributed by atoms with Gasteiger partial charge in [0.25, 0.3) is 0 Å². The van der Waals surface area contributed by atoms with Crippen molar-refractivity contribution in [3.63, 3.8) is 0 Å². The molecule has 0 aliphatic heterocycles. The van der Waals surface area contributed by atoms with Crippen LogP contribution < -0.4 is 0 Å². The van der Waals surface area contributed by atoms with Crippen molar-refractivity contribution in [3.05, 3.63) is 21.9 Å². The third kappa shape index (κ3) is 2.94. The molecule has 0 unspecified atom stereocenters. The van der Waals surface area contributed by atoms with E-state index in [-0.39, 0.29) is 5.78 Å². The second kappa shape index (κ2) is 4.53. The van der Waals surface area contributed by atoms with Crippen molar-refractivity contribution >= 4 is 17.1 Å². The molecule has 0 aliphatic carbocycles. The molecule has 0 spiro atoms. The molecule has 1 aromatic rings. The highest BCUT2D eigenvalue weighted by Gasteiger charge is 2.09. The number of thiophene rings is 1. The van der Waals surface area contributed by atoms with E-state index in [9.17, 15) is 4.79 Å². The molecule has 0 saturated carbocycles. The van der Waals surface area contributed by atoms with Gasteiger partial charge in [0.1, 0.15) is 0 Å². The lowest BCUT2D eigenvalue weighted by atomic mass is 10.1. The third-order valence-electron chi connectivity index (χ3n) is 1.95. The Morgan fingerprint density at radius 2 is 2.23 bits per heavy atom. The predicted octanol–water partition coefficient (Wildman–Crippen LogP) is 2.19. The van der Waals surface area contributed by atoms with E-state index < -0.39 is 0 Å². The number of nitrogens with zero attached hydrogens (tertiary/aromatic N) is 1. The zero-order chi connectivity index (χ0) is 9.84. The molecule has 0 amide bonds. The third-order valence-corrected chi connectivity index (χ3v) is 2.79. The minimum Gasteiger partial charge on any atom is -0.309 e. The zero-order valence-corrected chi connectivity index (χ0v) is 9.15. The van der Waals surface area contributed by atoms with Gasteiger partial charge >= 0.3 is 0 Å². The van der Waals surface area contributed by atoms with Gasteiger partial charge in [0.05, 0.1) is 0 Å². The summed E-state index contributed by atoms with van der Waals surface area (Å²) in [5, 5.41) is 1.97. The van der Waals surface area contributed by atoms with Crippen molar-refractivity contribution in [2.75, 3.05) is 20.6 Å². The van der Waals surface area contributed by atoms with Crippen molar-refractivity contribution in [1.82, 2.24) is 4.90 Å². The van der Waals surface area contributed by atoms with Crippen LogP contribution in [0.2, 0.25) is 0 Å². The van der Waals surface area contributed by atoms with Crippen molar-refractivity contribution < 1.29 is 4.79 Å². The number of hydrogen-bond donors (Lipinski definition) is 0. The minimum atomic E-state index is 0.257. The first-order valence-electron chi connectivity index (χ1n) is 4.33. The summed E-state index contributed by atoms with van der Waals surface area (Å²) in [6, 6.07) is 1.91. The van der Waals surface area contributed by atoms with Crippen LogP contribution in [0.25, 0.3) is 0 Å². The molecule has 0 fully saturated rings. The largest absolute Gasteiger partial charge is 0.309 e. The SMILES string of the molecule is Cc1sccc1C(=O)CCN(C)C. The average molecular weight is 197 g/mol. The molecule has 1 rings (SSSR count). The molecule has 2 nitrogen and oxygen atoms in total. The maximum atomic E-state index is 11.6. The van der Waals surface area contributed by atoms with E-state index >= 15 is 0 Å². The Kier molecular flexibility index (Phi) is 3.63. The normalized spacial score (nSPS) is 10.8. The van der Waals surface area contributed by atoms with Crippen LogP contribution in [-0.4, -0.2) is 31.3 Å². The molecule has 3 heteroatoms.